The predicted molar refractivity (Wildman–Crippen MR) is 88.7 cm³/mol. The lowest BCUT2D eigenvalue weighted by molar-refractivity contribution is 0.510. The van der Waals surface area contributed by atoms with E-state index in [0.29, 0.717) is 19.3 Å². The minimum Gasteiger partial charge on any atom is -0.384 e. The summed E-state index contributed by atoms with van der Waals surface area (Å²) in [6.07, 6.45) is 5.21. The first kappa shape index (κ1) is 16.8. The zero-order valence-corrected chi connectivity index (χ0v) is 12.7. The Kier molecular flexibility index (Phi) is 6.02. The van der Waals surface area contributed by atoms with Crippen LogP contribution in [0.25, 0.3) is 0 Å². The van der Waals surface area contributed by atoms with Gasteiger partial charge in [-0.25, -0.2) is 4.99 Å². The summed E-state index contributed by atoms with van der Waals surface area (Å²) in [5.74, 6) is 11.9. The Morgan fingerprint density at radius 1 is 1.57 bits per heavy atom. The van der Waals surface area contributed by atoms with E-state index >= 15 is 0 Å². The number of hydrogen-bond acceptors (Lipinski definition) is 5. The first-order valence-electron chi connectivity index (χ1n) is 6.90. The fourth-order valence-electron chi connectivity index (χ4n) is 1.63. The van der Waals surface area contributed by atoms with Crippen LogP contribution in [0.4, 0.5) is 0 Å². The molecule has 0 aromatic heterocycles. The Hall–Kier alpha value is -2.24. The monoisotopic (exact) mass is 285 g/mol. The van der Waals surface area contributed by atoms with Gasteiger partial charge in [0, 0.05) is 25.6 Å². The van der Waals surface area contributed by atoms with Crippen LogP contribution in [0.3, 0.4) is 0 Å². The molecule has 0 saturated heterocycles. The van der Waals surface area contributed by atoms with Gasteiger partial charge in [0.15, 0.2) is 0 Å². The van der Waals surface area contributed by atoms with Gasteiger partial charge in [0.1, 0.15) is 5.82 Å². The molecular weight excluding hydrogens is 262 g/mol. The fraction of sp³-hybridized carbons (Fsp3) is 0.500. The molecule has 1 rings (SSSR count). The van der Waals surface area contributed by atoms with E-state index in [2.05, 4.69) is 52.5 Å². The third kappa shape index (κ3) is 6.16. The molecule has 0 fully saturated rings. The third-order valence-corrected chi connectivity index (χ3v) is 3.22. The molecule has 2 unspecified atom stereocenters. The second kappa shape index (κ2) is 7.52. The van der Waals surface area contributed by atoms with Crippen molar-refractivity contribution in [2.75, 3.05) is 6.54 Å². The van der Waals surface area contributed by atoms with Gasteiger partial charge in [0.2, 0.25) is 0 Å². The van der Waals surface area contributed by atoms with Crippen molar-refractivity contribution in [2.24, 2.45) is 21.5 Å². The van der Waals surface area contributed by atoms with Gasteiger partial charge in [-0.2, -0.15) is 0 Å². The van der Waals surface area contributed by atoms with Crippen molar-refractivity contribution in [1.82, 2.24) is 5.32 Å². The lowest BCUT2D eigenvalue weighted by atomic mass is 9.95. The molecule has 5 N–H and O–H groups in total. The van der Waals surface area contributed by atoms with Crippen molar-refractivity contribution < 1.29 is 0 Å². The van der Waals surface area contributed by atoms with E-state index in [0.717, 1.165) is 6.54 Å². The van der Waals surface area contributed by atoms with Gasteiger partial charge >= 0.3 is 0 Å². The fourth-order valence-corrected chi connectivity index (χ4v) is 1.63. The number of nitrogens with one attached hydrogen (secondary N) is 1. The molecule has 0 spiro atoms. The van der Waals surface area contributed by atoms with E-state index in [1.54, 1.807) is 12.6 Å². The highest BCUT2D eigenvalue weighted by Gasteiger charge is 2.24. The lowest BCUT2D eigenvalue weighted by Gasteiger charge is -2.19. The molecule has 1 aliphatic rings. The molecule has 1 heterocycles. The van der Waals surface area contributed by atoms with Crippen LogP contribution in [-0.2, 0) is 0 Å². The van der Waals surface area contributed by atoms with Crippen LogP contribution < -0.4 is 16.8 Å². The molecule has 0 radical (unpaired) electrons. The number of rotatable bonds is 5. The van der Waals surface area contributed by atoms with Crippen molar-refractivity contribution >= 4 is 12.6 Å². The third-order valence-electron chi connectivity index (χ3n) is 3.22. The van der Waals surface area contributed by atoms with Crippen LogP contribution in [0.5, 0.6) is 0 Å². The molecule has 0 aromatic carbocycles. The summed E-state index contributed by atoms with van der Waals surface area (Å²) in [5.41, 5.74) is 10.8. The Morgan fingerprint density at radius 2 is 2.29 bits per heavy atom. The van der Waals surface area contributed by atoms with Crippen molar-refractivity contribution in [3.63, 3.8) is 0 Å². The first-order valence-corrected chi connectivity index (χ1v) is 6.90. The van der Waals surface area contributed by atoms with Crippen LogP contribution in [-0.4, -0.2) is 30.2 Å². The highest BCUT2D eigenvalue weighted by Crippen LogP contribution is 2.15. The van der Waals surface area contributed by atoms with E-state index in [9.17, 15) is 0 Å². The maximum absolute atomic E-state index is 6.16. The molecule has 0 aromatic rings. The normalized spacial score (nSPS) is 22.6. The molecular formula is C16H23N5. The minimum atomic E-state index is -0.595. The number of aliphatic imine (C=N–C) groups is 2. The van der Waals surface area contributed by atoms with E-state index in [4.69, 9.17) is 11.5 Å². The molecule has 0 bridgehead atoms. The van der Waals surface area contributed by atoms with Gasteiger partial charge < -0.3 is 16.8 Å². The lowest BCUT2D eigenvalue weighted by Crippen LogP contribution is -2.40. The SMILES string of the molecule is C=C(N)/N=C\C(N)(CC)CC#CC#CCC1(C)CNC=N1. The average Bonchev–Trinajstić information content (AvgIpc) is 2.87. The van der Waals surface area contributed by atoms with Gasteiger partial charge in [-0.3, -0.25) is 4.99 Å². The molecule has 0 amide bonds. The van der Waals surface area contributed by atoms with Crippen molar-refractivity contribution in [1.29, 1.82) is 0 Å². The molecule has 5 heteroatoms. The van der Waals surface area contributed by atoms with E-state index in [1.165, 1.54) is 0 Å². The maximum atomic E-state index is 6.16. The van der Waals surface area contributed by atoms with Gasteiger partial charge in [-0.05, 0) is 25.2 Å². The molecule has 1 aliphatic heterocycles. The topological polar surface area (TPSA) is 88.8 Å². The van der Waals surface area contributed by atoms with Crippen LogP contribution in [0, 0.1) is 23.7 Å². The summed E-state index contributed by atoms with van der Waals surface area (Å²) in [4.78, 5) is 8.29. The predicted octanol–water partition coefficient (Wildman–Crippen LogP) is 0.772. The van der Waals surface area contributed by atoms with Gasteiger partial charge in [-0.15, -0.1) is 0 Å². The molecule has 112 valence electrons. The molecule has 0 saturated carbocycles. The van der Waals surface area contributed by atoms with Crippen LogP contribution in [0.15, 0.2) is 22.4 Å². The molecule has 5 nitrogen and oxygen atoms in total. The summed E-state index contributed by atoms with van der Waals surface area (Å²) >= 11 is 0. The van der Waals surface area contributed by atoms with Crippen molar-refractivity contribution in [2.45, 2.75) is 44.2 Å². The largest absolute Gasteiger partial charge is 0.384 e. The van der Waals surface area contributed by atoms with Crippen LogP contribution in [0.2, 0.25) is 0 Å². The minimum absolute atomic E-state index is 0.135. The summed E-state index contributed by atoms with van der Waals surface area (Å²) in [6.45, 7) is 8.36. The van der Waals surface area contributed by atoms with E-state index in [-0.39, 0.29) is 11.4 Å². The first-order chi connectivity index (χ1) is 9.89. The zero-order valence-electron chi connectivity index (χ0n) is 12.7. The Balaban J connectivity index is 2.51. The average molecular weight is 285 g/mol. The molecule has 21 heavy (non-hydrogen) atoms. The molecule has 0 aliphatic carbocycles. The summed E-state index contributed by atoms with van der Waals surface area (Å²) in [6, 6.07) is 0. The maximum Gasteiger partial charge on any atom is 0.115 e. The summed E-state index contributed by atoms with van der Waals surface area (Å²) in [7, 11) is 0. The van der Waals surface area contributed by atoms with Gasteiger partial charge in [-0.1, -0.05) is 25.3 Å². The Morgan fingerprint density at radius 3 is 2.86 bits per heavy atom. The van der Waals surface area contributed by atoms with E-state index in [1.807, 2.05) is 6.92 Å². The smallest absolute Gasteiger partial charge is 0.115 e. The summed E-state index contributed by atoms with van der Waals surface area (Å²) < 4.78 is 0. The number of nitrogens with zero attached hydrogens (tertiary/aromatic N) is 2. The second-order valence-electron chi connectivity index (χ2n) is 5.43. The van der Waals surface area contributed by atoms with E-state index < -0.39 is 5.54 Å². The standard InChI is InChI=1S/C16H23N5/c1-4-16(18,12-20-14(2)17)10-8-6-5-7-9-15(3)11-19-13-21-15/h12-13H,2,4,9-11,17-18H2,1,3H3,(H,19,21)/b20-12-. The quantitative estimate of drug-likeness (QED) is 0.515. The highest BCUT2D eigenvalue weighted by atomic mass is 15.1. The zero-order chi connectivity index (χ0) is 15.8. The molecule has 2 atom stereocenters. The van der Waals surface area contributed by atoms with Crippen molar-refractivity contribution in [3.05, 3.63) is 12.4 Å². The van der Waals surface area contributed by atoms with Crippen LogP contribution >= 0.6 is 0 Å². The van der Waals surface area contributed by atoms with Gasteiger partial charge in [0.25, 0.3) is 0 Å². The van der Waals surface area contributed by atoms with Crippen LogP contribution in [0.1, 0.15) is 33.1 Å². The Labute approximate surface area is 127 Å². The Bertz CT molecular complexity index is 555. The number of hydrogen-bond donors (Lipinski definition) is 3. The number of nitrogens with two attached hydrogens (primary N) is 2. The second-order valence-corrected chi connectivity index (χ2v) is 5.43. The highest BCUT2D eigenvalue weighted by molar-refractivity contribution is 5.71. The summed E-state index contributed by atoms with van der Waals surface area (Å²) in [5, 5.41) is 3.07. The van der Waals surface area contributed by atoms with Crippen molar-refractivity contribution in [3.8, 4) is 23.7 Å². The van der Waals surface area contributed by atoms with Gasteiger partial charge in [0.05, 0.1) is 17.4 Å².